The Morgan fingerprint density at radius 3 is 2.77 bits per heavy atom. The van der Waals surface area contributed by atoms with Crippen LogP contribution in [0.1, 0.15) is 50.0 Å². The third kappa shape index (κ3) is 4.63. The summed E-state index contributed by atoms with van der Waals surface area (Å²) in [4.78, 5) is 38.3. The van der Waals surface area contributed by atoms with Gasteiger partial charge in [-0.1, -0.05) is 6.07 Å². The highest BCUT2D eigenvalue weighted by Crippen LogP contribution is 2.36. The number of aromatic nitrogens is 6. The molecule has 1 aliphatic rings. The molecule has 0 spiro atoms. The third-order valence-corrected chi connectivity index (χ3v) is 7.79. The van der Waals surface area contributed by atoms with Crippen LogP contribution in [-0.2, 0) is 13.0 Å². The van der Waals surface area contributed by atoms with Crippen LogP contribution in [0.25, 0.3) is 34.1 Å². The molecule has 1 atom stereocenters. The van der Waals surface area contributed by atoms with Gasteiger partial charge in [0.2, 0.25) is 0 Å². The maximum Gasteiger partial charge on any atom is 0.251 e. The lowest BCUT2D eigenvalue weighted by atomic mass is 10.1. The first-order chi connectivity index (χ1) is 21.4. The van der Waals surface area contributed by atoms with E-state index in [1.807, 2.05) is 34.9 Å². The molecule has 0 fully saturated rings. The summed E-state index contributed by atoms with van der Waals surface area (Å²) in [6.07, 6.45) is 5.31. The lowest BCUT2D eigenvalue weighted by Crippen LogP contribution is -2.27. The van der Waals surface area contributed by atoms with Gasteiger partial charge >= 0.3 is 0 Å². The summed E-state index contributed by atoms with van der Waals surface area (Å²) in [6.45, 7) is -0.178. The van der Waals surface area contributed by atoms with Crippen LogP contribution < -0.4 is 11.1 Å². The van der Waals surface area contributed by atoms with Crippen molar-refractivity contribution in [2.45, 2.75) is 25.5 Å². The zero-order chi connectivity index (χ0) is 30.4. The second kappa shape index (κ2) is 10.7. The normalized spacial score (nSPS) is 14.1. The predicted octanol–water partition coefficient (Wildman–Crippen LogP) is 3.68. The van der Waals surface area contributed by atoms with E-state index in [9.17, 15) is 19.8 Å². The molecule has 0 saturated carbocycles. The molecule has 7 rings (SSSR count). The minimum atomic E-state index is -0.329. The molecule has 1 aliphatic carbocycles. The van der Waals surface area contributed by atoms with Crippen molar-refractivity contribution < 1.29 is 19.8 Å². The van der Waals surface area contributed by atoms with Crippen LogP contribution in [0.5, 0.6) is 5.75 Å². The molecular formula is C32H26N8O4. The maximum atomic E-state index is 13.0. The van der Waals surface area contributed by atoms with Gasteiger partial charge in [-0.2, -0.15) is 5.10 Å². The van der Waals surface area contributed by atoms with Crippen molar-refractivity contribution in [2.75, 3.05) is 5.73 Å². The van der Waals surface area contributed by atoms with Crippen LogP contribution in [0.3, 0.4) is 0 Å². The number of benzene rings is 2. The van der Waals surface area contributed by atoms with Gasteiger partial charge in [0, 0.05) is 23.6 Å². The fourth-order valence-corrected chi connectivity index (χ4v) is 5.61. The number of phenolic OH excluding ortho intramolecular Hbond substituents is 1. The molecule has 0 radical (unpaired) electrons. The van der Waals surface area contributed by atoms with Crippen molar-refractivity contribution >= 4 is 29.2 Å². The summed E-state index contributed by atoms with van der Waals surface area (Å²) in [5.41, 5.74) is 11.9. The monoisotopic (exact) mass is 586 g/mol. The number of carbonyl (C=O) groups excluding carboxylic acids is 2. The SMILES string of the molecule is Nc1ncccc1-c1nc2ccc(-n3ccc(CO)n3)nc2n1-c1ccc2c(c1)CC[C@@H]2NC(=O)c1ccc(O)c(C=O)c1. The van der Waals surface area contributed by atoms with E-state index in [4.69, 9.17) is 15.7 Å². The van der Waals surface area contributed by atoms with E-state index >= 15 is 0 Å². The number of nitrogen functional groups attached to an aromatic ring is 1. The lowest BCUT2D eigenvalue weighted by Gasteiger charge is -2.16. The Hall–Kier alpha value is -5.88. The third-order valence-electron chi connectivity index (χ3n) is 7.79. The molecule has 2 aromatic carbocycles. The first-order valence-electron chi connectivity index (χ1n) is 13.9. The van der Waals surface area contributed by atoms with Gasteiger partial charge in [0.05, 0.1) is 29.5 Å². The number of carbonyl (C=O) groups is 2. The Balaban J connectivity index is 1.29. The van der Waals surface area contributed by atoms with Crippen molar-refractivity contribution in [1.29, 1.82) is 0 Å². The molecule has 218 valence electrons. The number of anilines is 1. The molecule has 0 bridgehead atoms. The smallest absolute Gasteiger partial charge is 0.251 e. The first-order valence-corrected chi connectivity index (χ1v) is 13.9. The van der Waals surface area contributed by atoms with E-state index < -0.39 is 0 Å². The second-order valence-corrected chi connectivity index (χ2v) is 10.5. The van der Waals surface area contributed by atoms with E-state index in [-0.39, 0.29) is 29.9 Å². The van der Waals surface area contributed by atoms with Gasteiger partial charge < -0.3 is 21.3 Å². The number of aromatic hydroxyl groups is 1. The average molecular weight is 587 g/mol. The summed E-state index contributed by atoms with van der Waals surface area (Å²) in [5.74, 6) is 0.966. The van der Waals surface area contributed by atoms with Crippen LogP contribution >= 0.6 is 0 Å². The number of aldehydes is 1. The van der Waals surface area contributed by atoms with Crippen molar-refractivity contribution in [1.82, 2.24) is 34.6 Å². The molecule has 12 nitrogen and oxygen atoms in total. The van der Waals surface area contributed by atoms with Gasteiger partial charge in [0.1, 0.15) is 17.1 Å². The van der Waals surface area contributed by atoms with E-state index in [0.717, 1.165) is 23.2 Å². The van der Waals surface area contributed by atoms with Gasteiger partial charge in [-0.25, -0.2) is 19.6 Å². The zero-order valence-electron chi connectivity index (χ0n) is 23.3. The summed E-state index contributed by atoms with van der Waals surface area (Å²) in [5, 5.41) is 26.7. The summed E-state index contributed by atoms with van der Waals surface area (Å²) in [7, 11) is 0. The summed E-state index contributed by atoms with van der Waals surface area (Å²) < 4.78 is 3.54. The highest BCUT2D eigenvalue weighted by atomic mass is 16.3. The number of hydrogen-bond donors (Lipinski definition) is 4. The first kappa shape index (κ1) is 27.0. The molecule has 4 heterocycles. The van der Waals surface area contributed by atoms with E-state index in [1.165, 1.54) is 18.2 Å². The number of hydrogen-bond acceptors (Lipinski definition) is 9. The van der Waals surface area contributed by atoms with Crippen LogP contribution in [0, 0.1) is 0 Å². The fraction of sp³-hybridized carbons (Fsp3) is 0.125. The molecule has 1 amide bonds. The van der Waals surface area contributed by atoms with Crippen molar-refractivity contribution in [3.05, 3.63) is 107 Å². The molecule has 44 heavy (non-hydrogen) atoms. The number of fused-ring (bicyclic) bond motifs is 2. The molecule has 0 aliphatic heterocycles. The standard InChI is InChI=1S/C32H26N8O4/c33-29-24(2-1-12-34-29)30-35-26-8-10-28(39-13-11-21(17-42)38-39)37-31(26)40(30)22-5-6-23-18(15-22)3-7-25(23)36-32(44)19-4-9-27(43)20(14-19)16-41/h1-2,4-6,8-16,25,42-43H,3,7,17H2,(H2,33,34)(H,36,44)/t25-/m0/s1. The van der Waals surface area contributed by atoms with Gasteiger partial charge in [-0.15, -0.1) is 0 Å². The number of imidazole rings is 1. The van der Waals surface area contributed by atoms with Crippen molar-refractivity contribution in [3.63, 3.8) is 0 Å². The number of aliphatic hydroxyl groups is 1. The Morgan fingerprint density at radius 1 is 1.09 bits per heavy atom. The summed E-state index contributed by atoms with van der Waals surface area (Å²) >= 11 is 0. The van der Waals surface area contributed by atoms with Gasteiger partial charge in [0.25, 0.3) is 5.91 Å². The topological polar surface area (TPSA) is 174 Å². The number of nitrogens with two attached hydrogens (primary N) is 1. The van der Waals surface area contributed by atoms with Crippen LogP contribution in [0.2, 0.25) is 0 Å². The van der Waals surface area contributed by atoms with Gasteiger partial charge in [-0.05, 0) is 84.6 Å². The summed E-state index contributed by atoms with van der Waals surface area (Å²) in [6, 6.07) is 19.1. The minimum Gasteiger partial charge on any atom is -0.507 e. The van der Waals surface area contributed by atoms with E-state index in [1.54, 1.807) is 29.2 Å². The number of amides is 1. The molecule has 4 aromatic heterocycles. The Labute approximate surface area is 250 Å². The molecule has 0 unspecified atom stereocenters. The van der Waals surface area contributed by atoms with Crippen molar-refractivity contribution in [3.8, 4) is 28.6 Å². The molecule has 6 aromatic rings. The largest absolute Gasteiger partial charge is 0.507 e. The van der Waals surface area contributed by atoms with E-state index in [2.05, 4.69) is 21.5 Å². The number of aryl methyl sites for hydroxylation is 1. The van der Waals surface area contributed by atoms with E-state index in [0.29, 0.717) is 58.2 Å². The number of phenols is 1. The zero-order valence-corrected chi connectivity index (χ0v) is 23.3. The predicted molar refractivity (Wildman–Crippen MR) is 162 cm³/mol. The Morgan fingerprint density at radius 2 is 1.98 bits per heavy atom. The number of aliphatic hydroxyl groups excluding tert-OH is 1. The number of nitrogens with zero attached hydrogens (tertiary/aromatic N) is 6. The van der Waals surface area contributed by atoms with Crippen LogP contribution in [-0.4, -0.2) is 51.7 Å². The molecule has 5 N–H and O–H groups in total. The molecule has 0 saturated heterocycles. The van der Waals surface area contributed by atoms with Gasteiger partial charge in [0.15, 0.2) is 23.6 Å². The Kier molecular flexibility index (Phi) is 6.59. The molecule has 12 heteroatoms. The highest BCUT2D eigenvalue weighted by molar-refractivity contribution is 5.96. The lowest BCUT2D eigenvalue weighted by molar-refractivity contribution is 0.0936. The number of pyridine rings is 2. The minimum absolute atomic E-state index is 0.0601. The molecular weight excluding hydrogens is 560 g/mol. The average Bonchev–Trinajstić information content (AvgIpc) is 3.78. The number of rotatable bonds is 7. The maximum absolute atomic E-state index is 13.0. The quantitative estimate of drug-likeness (QED) is 0.203. The number of nitrogens with one attached hydrogen (secondary N) is 1. The highest BCUT2D eigenvalue weighted by Gasteiger charge is 2.26. The van der Waals surface area contributed by atoms with Gasteiger partial charge in [-0.3, -0.25) is 14.2 Å². The Bertz CT molecular complexity index is 2080. The van der Waals surface area contributed by atoms with Crippen LogP contribution in [0.15, 0.2) is 79.1 Å². The second-order valence-electron chi connectivity index (χ2n) is 10.5. The fourth-order valence-electron chi connectivity index (χ4n) is 5.61. The van der Waals surface area contributed by atoms with Crippen molar-refractivity contribution in [2.24, 2.45) is 0 Å². The van der Waals surface area contributed by atoms with Crippen LogP contribution in [0.4, 0.5) is 5.82 Å².